The number of hydrogen-bond donors (Lipinski definition) is 0. The molecule has 0 N–H and O–H groups in total. The van der Waals surface area contributed by atoms with Gasteiger partial charge < -0.3 is 0 Å². The lowest BCUT2D eigenvalue weighted by molar-refractivity contribution is -0.116. The minimum atomic E-state index is -1.12. The molecule has 0 atom stereocenters. The highest BCUT2D eigenvalue weighted by atomic mass is 80.0. The van der Waals surface area contributed by atoms with Crippen molar-refractivity contribution in [3.05, 3.63) is 0 Å². The standard InChI is InChI=1S/C3Br3NO2.CH2Cl2/c4-3(5,6)2(9)7-1-8;2-1-3/h;1H2. The molecule has 0 radical (unpaired) electrons. The van der Waals surface area contributed by atoms with Crippen LogP contribution in [-0.2, 0) is 9.59 Å². The molecule has 1 amide bonds. The third-order valence-electron chi connectivity index (χ3n) is 0.390. The predicted molar refractivity (Wildman–Crippen MR) is 59.2 cm³/mol. The molecule has 0 bridgehead atoms. The van der Waals surface area contributed by atoms with Crippen molar-refractivity contribution >= 4 is 83.0 Å². The number of hydrogen-bond acceptors (Lipinski definition) is 2. The van der Waals surface area contributed by atoms with Crippen molar-refractivity contribution in [3.63, 3.8) is 0 Å². The Morgan fingerprint density at radius 1 is 1.42 bits per heavy atom. The Morgan fingerprint density at radius 3 is 1.83 bits per heavy atom. The van der Waals surface area contributed by atoms with Crippen molar-refractivity contribution in [3.8, 4) is 0 Å². The van der Waals surface area contributed by atoms with Crippen molar-refractivity contribution in [2.24, 2.45) is 4.99 Å². The molecule has 12 heavy (non-hydrogen) atoms. The van der Waals surface area contributed by atoms with Crippen LogP contribution in [0.1, 0.15) is 0 Å². The molecule has 0 aliphatic rings. The molecule has 0 fully saturated rings. The third-order valence-corrected chi connectivity index (χ3v) is 1.41. The molecular weight excluding hydrogens is 405 g/mol. The van der Waals surface area contributed by atoms with E-state index < -0.39 is 8.05 Å². The number of carbonyl (C=O) groups is 1. The molecule has 0 saturated carbocycles. The Kier molecular flexibility index (Phi) is 11.2. The van der Waals surface area contributed by atoms with Gasteiger partial charge in [-0.25, -0.2) is 4.79 Å². The van der Waals surface area contributed by atoms with Crippen molar-refractivity contribution < 1.29 is 9.59 Å². The predicted octanol–water partition coefficient (Wildman–Crippen LogP) is 3.11. The average Bonchev–Trinajstić information content (AvgIpc) is 1.88. The van der Waals surface area contributed by atoms with Crippen LogP contribution in [0.25, 0.3) is 0 Å². The monoisotopic (exact) mass is 403 g/mol. The highest BCUT2D eigenvalue weighted by Gasteiger charge is 2.27. The first-order valence-electron chi connectivity index (χ1n) is 2.21. The Labute approximate surface area is 104 Å². The summed E-state index contributed by atoms with van der Waals surface area (Å²) in [7, 11) is 0. The van der Waals surface area contributed by atoms with Gasteiger partial charge in [0.2, 0.25) is 8.22 Å². The van der Waals surface area contributed by atoms with Crippen LogP contribution >= 0.6 is 71.0 Å². The third kappa shape index (κ3) is 11.1. The Balaban J connectivity index is 0. The molecule has 0 rings (SSSR count). The smallest absolute Gasteiger partial charge is 0.268 e. The molecule has 0 aromatic carbocycles. The second-order valence-corrected chi connectivity index (χ2v) is 8.68. The van der Waals surface area contributed by atoms with Gasteiger partial charge in [-0.15, -0.1) is 28.2 Å². The van der Waals surface area contributed by atoms with Gasteiger partial charge in [0.1, 0.15) is 0 Å². The molecule has 0 heterocycles. The van der Waals surface area contributed by atoms with Crippen LogP contribution in [0.2, 0.25) is 0 Å². The van der Waals surface area contributed by atoms with Crippen LogP contribution in [-0.4, -0.2) is 19.5 Å². The van der Waals surface area contributed by atoms with Gasteiger partial charge >= 0.3 is 0 Å². The Morgan fingerprint density at radius 2 is 1.75 bits per heavy atom. The molecular formula is C4H2Br3Cl2NO2. The highest BCUT2D eigenvalue weighted by molar-refractivity contribution is 9.40. The molecule has 0 aliphatic carbocycles. The molecule has 70 valence electrons. The zero-order valence-corrected chi connectivity index (χ0v) is 11.6. The number of amides is 1. The highest BCUT2D eigenvalue weighted by Crippen LogP contribution is 2.34. The summed E-state index contributed by atoms with van der Waals surface area (Å²) in [6, 6.07) is 0. The second kappa shape index (κ2) is 8.66. The van der Waals surface area contributed by atoms with Gasteiger partial charge in [0.25, 0.3) is 5.91 Å². The van der Waals surface area contributed by atoms with Crippen LogP contribution < -0.4 is 0 Å². The topological polar surface area (TPSA) is 46.5 Å². The van der Waals surface area contributed by atoms with Crippen molar-refractivity contribution in [1.82, 2.24) is 0 Å². The van der Waals surface area contributed by atoms with Crippen LogP contribution in [0.15, 0.2) is 4.99 Å². The summed E-state index contributed by atoms with van der Waals surface area (Å²) in [6.07, 6.45) is 1.11. The first kappa shape index (κ1) is 15.5. The average molecular weight is 407 g/mol. The van der Waals surface area contributed by atoms with Gasteiger partial charge in [-0.05, 0) is 47.8 Å². The number of rotatable bonds is 0. The van der Waals surface area contributed by atoms with Gasteiger partial charge in [0.05, 0.1) is 5.34 Å². The maximum Gasteiger partial charge on any atom is 0.295 e. The van der Waals surface area contributed by atoms with Gasteiger partial charge in [0, 0.05) is 0 Å². The Bertz CT molecular complexity index is 187. The Hall–Kier alpha value is 1.07. The summed E-state index contributed by atoms with van der Waals surface area (Å²) in [5, 5.41) is 0.194. The summed E-state index contributed by atoms with van der Waals surface area (Å²) in [4.78, 5) is 22.8. The number of isocyanates is 1. The first-order chi connectivity index (χ1) is 5.40. The van der Waals surface area contributed by atoms with Crippen molar-refractivity contribution in [2.45, 2.75) is 2.14 Å². The molecule has 3 nitrogen and oxygen atoms in total. The van der Waals surface area contributed by atoms with E-state index in [4.69, 9.17) is 23.2 Å². The number of halogens is 5. The lowest BCUT2D eigenvalue weighted by atomic mass is 10.7. The van der Waals surface area contributed by atoms with E-state index in [-0.39, 0.29) is 5.34 Å². The molecule has 8 heteroatoms. The molecule has 0 aliphatic heterocycles. The van der Waals surface area contributed by atoms with Crippen LogP contribution in [0, 0.1) is 0 Å². The first-order valence-corrected chi connectivity index (χ1v) is 5.65. The van der Waals surface area contributed by atoms with Gasteiger partial charge in [0.15, 0.2) is 0 Å². The fourth-order valence-electron chi connectivity index (χ4n) is 0.105. The zero-order chi connectivity index (χ0) is 10.2. The lowest BCUT2D eigenvalue weighted by Crippen LogP contribution is -2.13. The fourth-order valence-corrected chi connectivity index (χ4v) is 0.371. The van der Waals surface area contributed by atoms with Crippen LogP contribution in [0.3, 0.4) is 0 Å². The zero-order valence-electron chi connectivity index (χ0n) is 5.36. The van der Waals surface area contributed by atoms with Gasteiger partial charge in [-0.1, -0.05) is 0 Å². The van der Waals surface area contributed by atoms with Crippen LogP contribution in [0.5, 0.6) is 0 Å². The normalized spacial score (nSPS) is 9.08. The maximum atomic E-state index is 10.5. The van der Waals surface area contributed by atoms with E-state index in [1.165, 1.54) is 0 Å². The largest absolute Gasteiger partial charge is 0.295 e. The number of alkyl halides is 5. The van der Waals surface area contributed by atoms with E-state index in [1.807, 2.05) is 0 Å². The van der Waals surface area contributed by atoms with Gasteiger partial charge in [-0.3, -0.25) is 4.79 Å². The van der Waals surface area contributed by atoms with E-state index in [9.17, 15) is 9.59 Å². The van der Waals surface area contributed by atoms with E-state index in [1.54, 1.807) is 0 Å². The van der Waals surface area contributed by atoms with E-state index in [0.717, 1.165) is 6.08 Å². The summed E-state index contributed by atoms with van der Waals surface area (Å²) < 4.78 is -1.12. The number of carbonyl (C=O) groups excluding carboxylic acids is 2. The molecule has 0 spiro atoms. The minimum absolute atomic E-state index is 0.194. The summed E-state index contributed by atoms with van der Waals surface area (Å²) in [6.45, 7) is 0. The minimum Gasteiger partial charge on any atom is -0.268 e. The van der Waals surface area contributed by atoms with Crippen LogP contribution in [0.4, 0.5) is 0 Å². The molecule has 0 unspecified atom stereocenters. The fraction of sp³-hybridized carbons (Fsp3) is 0.500. The van der Waals surface area contributed by atoms with Gasteiger partial charge in [-0.2, -0.15) is 0 Å². The second-order valence-electron chi connectivity index (χ2n) is 1.11. The summed E-state index contributed by atoms with van der Waals surface area (Å²) in [5.41, 5.74) is 0. The van der Waals surface area contributed by atoms with Crippen molar-refractivity contribution in [1.29, 1.82) is 0 Å². The van der Waals surface area contributed by atoms with E-state index in [0.29, 0.717) is 0 Å². The van der Waals surface area contributed by atoms with E-state index >= 15 is 0 Å². The molecule has 0 saturated heterocycles. The van der Waals surface area contributed by atoms with Crippen molar-refractivity contribution in [2.75, 3.05) is 5.34 Å². The summed E-state index contributed by atoms with van der Waals surface area (Å²) >= 11 is 18.1. The molecule has 0 aromatic heterocycles. The van der Waals surface area contributed by atoms with E-state index in [2.05, 4.69) is 52.8 Å². The maximum absolute atomic E-state index is 10.5. The number of nitrogens with zero attached hydrogens (tertiary/aromatic N) is 1. The SMILES string of the molecule is ClCCl.O=C=NC(=O)C(Br)(Br)Br. The number of aliphatic imine (C=N–C) groups is 1. The molecule has 0 aromatic rings. The lowest BCUT2D eigenvalue weighted by Gasteiger charge is -2.02. The summed E-state index contributed by atoms with van der Waals surface area (Å²) in [5.74, 6) is -0.683. The quantitative estimate of drug-likeness (QED) is 0.352.